The molecule has 1 N–H and O–H groups in total. The van der Waals surface area contributed by atoms with Gasteiger partial charge < -0.3 is 5.21 Å². The number of hydrogen-bond acceptors (Lipinski definition) is 3. The highest BCUT2D eigenvalue weighted by Gasteiger charge is 2.41. The first kappa shape index (κ1) is 11.1. The van der Waals surface area contributed by atoms with Gasteiger partial charge in [-0.3, -0.25) is 4.79 Å². The van der Waals surface area contributed by atoms with Crippen molar-refractivity contribution in [2.75, 3.05) is 0 Å². The van der Waals surface area contributed by atoms with Gasteiger partial charge in [-0.2, -0.15) is 0 Å². The molecular weight excluding hydrogens is 202 g/mol. The molecular formula is C13H17NO2. The summed E-state index contributed by atoms with van der Waals surface area (Å²) in [6.07, 6.45) is 2.65. The molecule has 0 radical (unpaired) electrons. The number of ketones is 1. The van der Waals surface area contributed by atoms with Crippen LogP contribution >= 0.6 is 0 Å². The molecule has 0 bridgehead atoms. The van der Waals surface area contributed by atoms with Crippen LogP contribution in [0.5, 0.6) is 0 Å². The summed E-state index contributed by atoms with van der Waals surface area (Å²) in [5.74, 6) is 0.211. The van der Waals surface area contributed by atoms with E-state index in [4.69, 9.17) is 5.21 Å². The molecule has 3 heteroatoms. The molecule has 0 aromatic carbocycles. The van der Waals surface area contributed by atoms with Crippen molar-refractivity contribution in [2.24, 2.45) is 16.5 Å². The third-order valence-electron chi connectivity index (χ3n) is 3.91. The Morgan fingerprint density at radius 2 is 2.12 bits per heavy atom. The van der Waals surface area contributed by atoms with Crippen molar-refractivity contribution < 1.29 is 10.0 Å². The van der Waals surface area contributed by atoms with Crippen LogP contribution in [0.3, 0.4) is 0 Å². The van der Waals surface area contributed by atoms with Crippen molar-refractivity contribution in [3.05, 3.63) is 22.8 Å². The van der Waals surface area contributed by atoms with Gasteiger partial charge in [-0.05, 0) is 29.4 Å². The number of carbonyl (C=O) groups is 1. The molecule has 1 atom stereocenters. The molecule has 0 aliphatic heterocycles. The van der Waals surface area contributed by atoms with Crippen LogP contribution < -0.4 is 0 Å². The first-order valence-electron chi connectivity index (χ1n) is 5.57. The summed E-state index contributed by atoms with van der Waals surface area (Å²) >= 11 is 0. The molecule has 2 rings (SSSR count). The van der Waals surface area contributed by atoms with E-state index < -0.39 is 0 Å². The van der Waals surface area contributed by atoms with E-state index in [2.05, 4.69) is 32.0 Å². The van der Waals surface area contributed by atoms with Gasteiger partial charge in [0.1, 0.15) is 5.71 Å². The second kappa shape index (κ2) is 3.30. The van der Waals surface area contributed by atoms with Crippen LogP contribution in [-0.4, -0.2) is 16.7 Å². The average Bonchev–Trinajstić information content (AvgIpc) is 2.52. The SMILES string of the molecule is CC1=CC(C)(C)C(C)C2=C1C(=O)/C(=N/O)C2. The normalized spacial score (nSPS) is 30.8. The van der Waals surface area contributed by atoms with Crippen molar-refractivity contribution in [3.63, 3.8) is 0 Å². The minimum atomic E-state index is -0.103. The summed E-state index contributed by atoms with van der Waals surface area (Å²) in [5.41, 5.74) is 3.26. The Morgan fingerprint density at radius 1 is 1.50 bits per heavy atom. The van der Waals surface area contributed by atoms with E-state index in [1.54, 1.807) is 0 Å². The molecule has 0 aromatic heterocycles. The van der Waals surface area contributed by atoms with Crippen LogP contribution in [0.4, 0.5) is 0 Å². The lowest BCUT2D eigenvalue weighted by Crippen LogP contribution is -2.25. The molecule has 0 spiro atoms. The highest BCUT2D eigenvalue weighted by atomic mass is 16.4. The van der Waals surface area contributed by atoms with Crippen LogP contribution in [0.25, 0.3) is 0 Å². The maximum Gasteiger partial charge on any atom is 0.211 e. The van der Waals surface area contributed by atoms with Gasteiger partial charge in [-0.25, -0.2) is 0 Å². The van der Waals surface area contributed by atoms with Crippen molar-refractivity contribution >= 4 is 11.5 Å². The number of allylic oxidation sites excluding steroid dienone is 4. The Labute approximate surface area is 95.5 Å². The molecule has 0 amide bonds. The van der Waals surface area contributed by atoms with Crippen LogP contribution in [0.15, 0.2) is 28.0 Å². The van der Waals surface area contributed by atoms with Crippen molar-refractivity contribution in [1.82, 2.24) is 0 Å². The van der Waals surface area contributed by atoms with Crippen molar-refractivity contribution in [3.8, 4) is 0 Å². The predicted octanol–water partition coefficient (Wildman–Crippen LogP) is 2.71. The summed E-state index contributed by atoms with van der Waals surface area (Å²) in [6.45, 7) is 8.43. The van der Waals surface area contributed by atoms with Crippen LogP contribution in [0.1, 0.15) is 34.1 Å². The lowest BCUT2D eigenvalue weighted by molar-refractivity contribution is -0.109. The first-order chi connectivity index (χ1) is 7.38. The Morgan fingerprint density at radius 3 is 2.69 bits per heavy atom. The van der Waals surface area contributed by atoms with Gasteiger partial charge in [-0.15, -0.1) is 0 Å². The van der Waals surface area contributed by atoms with Gasteiger partial charge in [-0.1, -0.05) is 32.0 Å². The van der Waals surface area contributed by atoms with Gasteiger partial charge in [0.25, 0.3) is 0 Å². The topological polar surface area (TPSA) is 49.7 Å². The van der Waals surface area contributed by atoms with Crippen LogP contribution in [0, 0.1) is 11.3 Å². The number of oxime groups is 1. The largest absolute Gasteiger partial charge is 0.411 e. The molecule has 3 nitrogen and oxygen atoms in total. The molecule has 2 aliphatic carbocycles. The molecule has 2 aliphatic rings. The fraction of sp³-hybridized carbons (Fsp3) is 0.538. The number of rotatable bonds is 0. The quantitative estimate of drug-likeness (QED) is 0.503. The summed E-state index contributed by atoms with van der Waals surface area (Å²) in [7, 11) is 0. The number of carbonyl (C=O) groups excluding carboxylic acids is 1. The van der Waals surface area contributed by atoms with Crippen molar-refractivity contribution in [1.29, 1.82) is 0 Å². The third kappa shape index (κ3) is 1.34. The predicted molar refractivity (Wildman–Crippen MR) is 62.6 cm³/mol. The summed E-state index contributed by atoms with van der Waals surface area (Å²) in [4.78, 5) is 11.9. The zero-order valence-corrected chi connectivity index (χ0v) is 10.2. The third-order valence-corrected chi connectivity index (χ3v) is 3.91. The van der Waals surface area contributed by atoms with E-state index in [9.17, 15) is 4.79 Å². The second-order valence-electron chi connectivity index (χ2n) is 5.32. The number of nitrogens with zero attached hydrogens (tertiary/aromatic N) is 1. The zero-order chi connectivity index (χ0) is 12.1. The smallest absolute Gasteiger partial charge is 0.211 e. The molecule has 0 saturated carbocycles. The molecule has 16 heavy (non-hydrogen) atoms. The minimum Gasteiger partial charge on any atom is -0.411 e. The van der Waals surface area contributed by atoms with E-state index in [-0.39, 0.29) is 16.9 Å². The zero-order valence-electron chi connectivity index (χ0n) is 10.2. The average molecular weight is 219 g/mol. The Kier molecular flexibility index (Phi) is 2.30. The molecule has 1 unspecified atom stereocenters. The maximum atomic E-state index is 11.9. The fourth-order valence-electron chi connectivity index (χ4n) is 2.73. The first-order valence-corrected chi connectivity index (χ1v) is 5.57. The van der Waals surface area contributed by atoms with Gasteiger partial charge >= 0.3 is 0 Å². The molecule has 0 heterocycles. The molecule has 0 saturated heterocycles. The van der Waals surface area contributed by atoms with Gasteiger partial charge in [0.15, 0.2) is 0 Å². The number of Topliss-reactive ketones (excluding diaryl/α,β-unsaturated/α-hetero) is 1. The highest BCUT2D eigenvalue weighted by Crippen LogP contribution is 2.46. The van der Waals surface area contributed by atoms with Crippen LogP contribution in [0.2, 0.25) is 0 Å². The van der Waals surface area contributed by atoms with Gasteiger partial charge in [0.05, 0.1) is 0 Å². The van der Waals surface area contributed by atoms with E-state index >= 15 is 0 Å². The Hall–Kier alpha value is -1.38. The fourth-order valence-corrected chi connectivity index (χ4v) is 2.73. The summed E-state index contributed by atoms with van der Waals surface area (Å²) in [5, 5.41) is 11.9. The summed E-state index contributed by atoms with van der Waals surface area (Å²) < 4.78 is 0. The van der Waals surface area contributed by atoms with Crippen molar-refractivity contribution in [2.45, 2.75) is 34.1 Å². The lowest BCUT2D eigenvalue weighted by Gasteiger charge is -2.34. The second-order valence-corrected chi connectivity index (χ2v) is 5.32. The van der Waals surface area contributed by atoms with Crippen LogP contribution in [-0.2, 0) is 4.79 Å². The monoisotopic (exact) mass is 219 g/mol. The Balaban J connectivity index is 2.54. The van der Waals surface area contributed by atoms with E-state index in [1.807, 2.05) is 6.92 Å². The van der Waals surface area contributed by atoms with E-state index in [0.29, 0.717) is 12.3 Å². The highest BCUT2D eigenvalue weighted by molar-refractivity contribution is 6.49. The summed E-state index contributed by atoms with van der Waals surface area (Å²) in [6, 6.07) is 0. The van der Waals surface area contributed by atoms with Gasteiger partial charge in [0, 0.05) is 12.0 Å². The standard InChI is InChI=1S/C13H17NO2/c1-7-6-13(3,4)8(2)9-5-10(14-16)12(15)11(7)9/h6,8,16H,5H2,1-4H3/b14-10+. The maximum absolute atomic E-state index is 11.9. The van der Waals surface area contributed by atoms with E-state index in [1.165, 1.54) is 0 Å². The Bertz CT molecular complexity index is 453. The van der Waals surface area contributed by atoms with E-state index in [0.717, 1.165) is 16.7 Å². The minimum absolute atomic E-state index is 0.0636. The van der Waals surface area contributed by atoms with Gasteiger partial charge in [0.2, 0.25) is 5.78 Å². The molecule has 0 aromatic rings. The molecule has 0 fully saturated rings. The lowest BCUT2D eigenvalue weighted by atomic mass is 9.69. The number of hydrogen-bond donors (Lipinski definition) is 1. The molecule has 86 valence electrons.